The summed E-state index contributed by atoms with van der Waals surface area (Å²) in [5.74, 6) is 0.0634. The van der Waals surface area contributed by atoms with E-state index in [9.17, 15) is 14.4 Å². The van der Waals surface area contributed by atoms with E-state index in [1.165, 1.54) is 14.0 Å². The molecule has 2 amide bonds. The Hall–Kier alpha value is -2.37. The number of benzene rings is 1. The summed E-state index contributed by atoms with van der Waals surface area (Å²) in [5.41, 5.74) is 6.56. The number of carbonyl (C=O) groups excluding carboxylic acids is 3. The van der Waals surface area contributed by atoms with Gasteiger partial charge in [0.1, 0.15) is 5.75 Å². The molecule has 0 unspecified atom stereocenters. The van der Waals surface area contributed by atoms with Crippen LogP contribution in [0.1, 0.15) is 35.7 Å². The maximum Gasteiger partial charge on any atom is 0.227 e. The molecule has 0 aromatic heterocycles. The second-order valence-corrected chi connectivity index (χ2v) is 5.82. The zero-order chi connectivity index (χ0) is 17.0. The number of nitrogens with two attached hydrogens (primary N) is 1. The molecule has 0 atom stereocenters. The number of methoxy groups -OCH3 is 1. The summed E-state index contributed by atoms with van der Waals surface area (Å²) in [4.78, 5) is 36.9. The first-order valence-electron chi connectivity index (χ1n) is 7.67. The first-order valence-corrected chi connectivity index (χ1v) is 7.67. The molecule has 6 nitrogen and oxygen atoms in total. The highest BCUT2D eigenvalue weighted by Gasteiger charge is 2.26. The van der Waals surface area contributed by atoms with Crippen molar-refractivity contribution in [2.45, 2.75) is 26.2 Å². The smallest absolute Gasteiger partial charge is 0.227 e. The van der Waals surface area contributed by atoms with E-state index >= 15 is 0 Å². The van der Waals surface area contributed by atoms with Crippen molar-refractivity contribution in [2.75, 3.05) is 20.2 Å². The summed E-state index contributed by atoms with van der Waals surface area (Å²) >= 11 is 0. The Morgan fingerprint density at radius 3 is 2.43 bits per heavy atom. The van der Waals surface area contributed by atoms with Gasteiger partial charge in [-0.2, -0.15) is 0 Å². The number of ether oxygens (including phenoxy) is 1. The van der Waals surface area contributed by atoms with Crippen LogP contribution in [0.4, 0.5) is 0 Å². The number of piperidine rings is 1. The van der Waals surface area contributed by atoms with Gasteiger partial charge in [-0.25, -0.2) is 0 Å². The van der Waals surface area contributed by atoms with Crippen LogP contribution < -0.4 is 10.5 Å². The van der Waals surface area contributed by atoms with Gasteiger partial charge >= 0.3 is 0 Å². The van der Waals surface area contributed by atoms with Gasteiger partial charge < -0.3 is 15.4 Å². The fourth-order valence-electron chi connectivity index (χ4n) is 2.82. The van der Waals surface area contributed by atoms with E-state index in [0.29, 0.717) is 42.8 Å². The number of carbonyl (C=O) groups is 3. The quantitative estimate of drug-likeness (QED) is 0.825. The van der Waals surface area contributed by atoms with Crippen LogP contribution in [0.25, 0.3) is 0 Å². The van der Waals surface area contributed by atoms with Crippen LogP contribution in [0.3, 0.4) is 0 Å². The van der Waals surface area contributed by atoms with Crippen molar-refractivity contribution in [1.82, 2.24) is 4.90 Å². The SMILES string of the molecule is COc1ccc(C(C)=O)cc1CC(=O)N1CCC(C(N)=O)CC1. The van der Waals surface area contributed by atoms with Gasteiger partial charge in [-0.3, -0.25) is 14.4 Å². The number of hydrogen-bond donors (Lipinski definition) is 1. The molecule has 1 aromatic carbocycles. The Kier molecular flexibility index (Phi) is 5.36. The minimum atomic E-state index is -0.298. The highest BCUT2D eigenvalue weighted by molar-refractivity contribution is 5.94. The molecule has 1 aromatic rings. The highest BCUT2D eigenvalue weighted by Crippen LogP contribution is 2.23. The van der Waals surface area contributed by atoms with Crippen molar-refractivity contribution in [1.29, 1.82) is 0 Å². The van der Waals surface area contributed by atoms with Crippen molar-refractivity contribution >= 4 is 17.6 Å². The molecule has 1 saturated heterocycles. The molecule has 1 aliphatic heterocycles. The van der Waals surface area contributed by atoms with E-state index in [0.717, 1.165) is 0 Å². The predicted octanol–water partition coefficient (Wildman–Crippen LogP) is 1.16. The van der Waals surface area contributed by atoms with Crippen LogP contribution in [0, 0.1) is 5.92 Å². The Morgan fingerprint density at radius 2 is 1.91 bits per heavy atom. The van der Waals surface area contributed by atoms with Crippen molar-refractivity contribution < 1.29 is 19.1 Å². The molecular formula is C17H22N2O4. The van der Waals surface area contributed by atoms with Crippen LogP contribution in [-0.2, 0) is 16.0 Å². The molecule has 1 aliphatic rings. The molecule has 2 rings (SSSR count). The monoisotopic (exact) mass is 318 g/mol. The zero-order valence-corrected chi connectivity index (χ0v) is 13.5. The van der Waals surface area contributed by atoms with Gasteiger partial charge in [-0.05, 0) is 38.0 Å². The average molecular weight is 318 g/mol. The fourth-order valence-corrected chi connectivity index (χ4v) is 2.82. The third-order valence-electron chi connectivity index (χ3n) is 4.28. The minimum Gasteiger partial charge on any atom is -0.496 e. The van der Waals surface area contributed by atoms with Crippen molar-refractivity contribution in [3.8, 4) is 5.75 Å². The Balaban J connectivity index is 2.07. The summed E-state index contributed by atoms with van der Waals surface area (Å²) in [5, 5.41) is 0. The van der Waals surface area contributed by atoms with Gasteiger partial charge in [-0.1, -0.05) is 0 Å². The lowest BCUT2D eigenvalue weighted by Gasteiger charge is -2.30. The van der Waals surface area contributed by atoms with Crippen molar-refractivity contribution in [3.63, 3.8) is 0 Å². The highest BCUT2D eigenvalue weighted by atomic mass is 16.5. The predicted molar refractivity (Wildman–Crippen MR) is 85.2 cm³/mol. The number of likely N-dealkylation sites (tertiary alicyclic amines) is 1. The second-order valence-electron chi connectivity index (χ2n) is 5.82. The first kappa shape index (κ1) is 17.0. The van der Waals surface area contributed by atoms with Crippen LogP contribution in [0.15, 0.2) is 18.2 Å². The topological polar surface area (TPSA) is 89.7 Å². The van der Waals surface area contributed by atoms with Crippen molar-refractivity contribution in [3.05, 3.63) is 29.3 Å². The standard InChI is InChI=1S/C17H22N2O4/c1-11(20)13-3-4-15(23-2)14(9-13)10-16(21)19-7-5-12(6-8-19)17(18)22/h3-4,9,12H,5-8,10H2,1-2H3,(H2,18,22). The van der Waals surface area contributed by atoms with Crippen LogP contribution in [0.2, 0.25) is 0 Å². The summed E-state index contributed by atoms with van der Waals surface area (Å²) in [6.45, 7) is 2.55. The van der Waals surface area contributed by atoms with Gasteiger partial charge in [0.25, 0.3) is 0 Å². The van der Waals surface area contributed by atoms with Gasteiger partial charge in [-0.15, -0.1) is 0 Å². The molecule has 23 heavy (non-hydrogen) atoms. The third-order valence-corrected chi connectivity index (χ3v) is 4.28. The summed E-state index contributed by atoms with van der Waals surface area (Å²) in [7, 11) is 1.54. The number of primary amides is 1. The Bertz CT molecular complexity index is 619. The molecule has 6 heteroatoms. The number of rotatable bonds is 5. The van der Waals surface area contributed by atoms with E-state index in [1.54, 1.807) is 23.1 Å². The van der Waals surface area contributed by atoms with Crippen LogP contribution >= 0.6 is 0 Å². The number of nitrogens with zero attached hydrogens (tertiary/aromatic N) is 1. The third kappa shape index (κ3) is 4.09. The van der Waals surface area contributed by atoms with E-state index in [1.807, 2.05) is 0 Å². The molecule has 0 bridgehead atoms. The molecule has 2 N–H and O–H groups in total. The van der Waals surface area contributed by atoms with Gasteiger partial charge in [0, 0.05) is 30.1 Å². The molecule has 124 valence electrons. The van der Waals surface area contributed by atoms with Gasteiger partial charge in [0.2, 0.25) is 11.8 Å². The summed E-state index contributed by atoms with van der Waals surface area (Å²) in [6, 6.07) is 5.10. The van der Waals surface area contributed by atoms with E-state index in [4.69, 9.17) is 10.5 Å². The molecule has 0 saturated carbocycles. The summed E-state index contributed by atoms with van der Waals surface area (Å²) < 4.78 is 5.27. The van der Waals surface area contributed by atoms with Crippen LogP contribution in [-0.4, -0.2) is 42.7 Å². The Morgan fingerprint density at radius 1 is 1.26 bits per heavy atom. The number of Topliss-reactive ketones (excluding diaryl/α,β-unsaturated/α-hetero) is 1. The largest absolute Gasteiger partial charge is 0.496 e. The van der Waals surface area contributed by atoms with E-state index in [-0.39, 0.29) is 29.9 Å². The normalized spacial score (nSPS) is 15.3. The minimum absolute atomic E-state index is 0.0353. The molecule has 0 aliphatic carbocycles. The molecule has 0 spiro atoms. The fraction of sp³-hybridized carbons (Fsp3) is 0.471. The number of hydrogen-bond acceptors (Lipinski definition) is 4. The van der Waals surface area contributed by atoms with E-state index < -0.39 is 0 Å². The molecular weight excluding hydrogens is 296 g/mol. The average Bonchev–Trinajstić information content (AvgIpc) is 2.54. The zero-order valence-electron chi connectivity index (χ0n) is 13.5. The lowest BCUT2D eigenvalue weighted by molar-refractivity contribution is -0.134. The second kappa shape index (κ2) is 7.26. The lowest BCUT2D eigenvalue weighted by atomic mass is 9.95. The summed E-state index contributed by atoms with van der Waals surface area (Å²) in [6.07, 6.45) is 1.38. The number of ketones is 1. The Labute approximate surface area is 135 Å². The molecule has 1 fully saturated rings. The maximum absolute atomic E-state index is 12.5. The number of amides is 2. The lowest BCUT2D eigenvalue weighted by Crippen LogP contribution is -2.42. The molecule has 1 heterocycles. The van der Waals surface area contributed by atoms with Crippen LogP contribution in [0.5, 0.6) is 5.75 Å². The first-order chi connectivity index (χ1) is 10.9. The van der Waals surface area contributed by atoms with E-state index in [2.05, 4.69) is 0 Å². The van der Waals surface area contributed by atoms with Crippen molar-refractivity contribution in [2.24, 2.45) is 11.7 Å². The van der Waals surface area contributed by atoms with Gasteiger partial charge in [0.15, 0.2) is 5.78 Å². The van der Waals surface area contributed by atoms with Gasteiger partial charge in [0.05, 0.1) is 13.5 Å². The maximum atomic E-state index is 12.5. The molecule has 0 radical (unpaired) electrons.